The fourth-order valence-corrected chi connectivity index (χ4v) is 4.06. The highest BCUT2D eigenvalue weighted by molar-refractivity contribution is 6.35. The first kappa shape index (κ1) is 18.5. The van der Waals surface area contributed by atoms with Crippen molar-refractivity contribution in [3.8, 4) is 11.1 Å². The number of aromatic nitrogens is 2. The molecule has 4 aromatic rings. The van der Waals surface area contributed by atoms with Crippen molar-refractivity contribution in [1.29, 1.82) is 0 Å². The van der Waals surface area contributed by atoms with Gasteiger partial charge in [0.05, 0.1) is 17.1 Å². The van der Waals surface area contributed by atoms with Crippen molar-refractivity contribution >= 4 is 39.4 Å². The van der Waals surface area contributed by atoms with Crippen LogP contribution < -0.4 is 0 Å². The Labute approximate surface area is 168 Å². The summed E-state index contributed by atoms with van der Waals surface area (Å²) >= 11 is 6.38. The van der Waals surface area contributed by atoms with Crippen molar-refractivity contribution in [2.45, 2.75) is 27.3 Å². The number of rotatable bonds is 4. The molecule has 0 aliphatic heterocycles. The molecule has 0 saturated heterocycles. The number of benzene rings is 2. The van der Waals surface area contributed by atoms with Crippen LogP contribution >= 0.6 is 11.6 Å². The van der Waals surface area contributed by atoms with Gasteiger partial charge in [0.15, 0.2) is 0 Å². The van der Waals surface area contributed by atoms with Crippen LogP contribution in [0, 0.1) is 13.8 Å². The van der Waals surface area contributed by atoms with Gasteiger partial charge in [0.2, 0.25) is 0 Å². The molecule has 4 rings (SSSR count). The lowest BCUT2D eigenvalue weighted by Crippen LogP contribution is -2.14. The molecule has 0 spiro atoms. The van der Waals surface area contributed by atoms with E-state index >= 15 is 0 Å². The number of nitrogens with zero attached hydrogens (tertiary/aromatic N) is 2. The van der Waals surface area contributed by atoms with Crippen molar-refractivity contribution < 1.29 is 9.53 Å². The van der Waals surface area contributed by atoms with Crippen LogP contribution in [0.25, 0.3) is 32.9 Å². The van der Waals surface area contributed by atoms with Crippen molar-refractivity contribution in [2.75, 3.05) is 6.61 Å². The summed E-state index contributed by atoms with van der Waals surface area (Å²) in [5.41, 5.74) is 6.12. The molecule has 0 aliphatic rings. The standard InChI is InChI=1S/C23H21ClN2O2/c1-4-28-21(27)13-26-15(3)22(18-12-14(2)8-9-20(18)26)16-10-11-25-23-17(16)6-5-7-19(23)24/h5-12H,4,13H2,1-3H3. The summed E-state index contributed by atoms with van der Waals surface area (Å²) in [6.07, 6.45) is 1.79. The Kier molecular flexibility index (Phi) is 4.82. The molecule has 28 heavy (non-hydrogen) atoms. The van der Waals surface area contributed by atoms with Gasteiger partial charge >= 0.3 is 5.97 Å². The van der Waals surface area contributed by atoms with Crippen LogP contribution in [0.3, 0.4) is 0 Å². The van der Waals surface area contributed by atoms with Crippen molar-refractivity contribution in [3.63, 3.8) is 0 Å². The van der Waals surface area contributed by atoms with Gasteiger partial charge in [-0.25, -0.2) is 0 Å². The first-order chi connectivity index (χ1) is 13.5. The van der Waals surface area contributed by atoms with Gasteiger partial charge in [-0.2, -0.15) is 0 Å². The minimum atomic E-state index is -0.239. The van der Waals surface area contributed by atoms with Gasteiger partial charge in [0.1, 0.15) is 6.54 Å². The van der Waals surface area contributed by atoms with E-state index in [9.17, 15) is 4.79 Å². The van der Waals surface area contributed by atoms with E-state index in [-0.39, 0.29) is 12.5 Å². The molecule has 2 aromatic carbocycles. The Balaban J connectivity index is 2.03. The summed E-state index contributed by atoms with van der Waals surface area (Å²) in [6, 6.07) is 14.1. The number of para-hydroxylation sites is 1. The van der Waals surface area contributed by atoms with Crippen LogP contribution in [0.1, 0.15) is 18.2 Å². The number of carbonyl (C=O) groups is 1. The number of carbonyl (C=O) groups excluding carboxylic acids is 1. The first-order valence-electron chi connectivity index (χ1n) is 9.30. The molecule has 0 atom stereocenters. The predicted molar refractivity (Wildman–Crippen MR) is 114 cm³/mol. The molecule has 5 heteroatoms. The van der Waals surface area contributed by atoms with Crippen LogP contribution in [0.2, 0.25) is 5.02 Å². The third kappa shape index (κ3) is 3.04. The summed E-state index contributed by atoms with van der Waals surface area (Å²) in [4.78, 5) is 16.7. The molecule has 0 unspecified atom stereocenters. The smallest absolute Gasteiger partial charge is 0.325 e. The number of hydrogen-bond acceptors (Lipinski definition) is 3. The van der Waals surface area contributed by atoms with E-state index in [2.05, 4.69) is 30.1 Å². The van der Waals surface area contributed by atoms with Gasteiger partial charge in [0, 0.05) is 33.7 Å². The van der Waals surface area contributed by atoms with Crippen LogP contribution in [-0.4, -0.2) is 22.1 Å². The monoisotopic (exact) mass is 392 g/mol. The highest BCUT2D eigenvalue weighted by Gasteiger charge is 2.20. The molecule has 2 aromatic heterocycles. The molecule has 0 bridgehead atoms. The van der Waals surface area contributed by atoms with Crippen LogP contribution in [0.4, 0.5) is 0 Å². The van der Waals surface area contributed by atoms with E-state index in [1.807, 2.05) is 42.7 Å². The van der Waals surface area contributed by atoms with Gasteiger partial charge < -0.3 is 9.30 Å². The second kappa shape index (κ2) is 7.28. The SMILES string of the molecule is CCOC(=O)Cn1c(C)c(-c2ccnc3c(Cl)cccc23)c2cc(C)ccc21. The van der Waals surface area contributed by atoms with E-state index in [1.165, 1.54) is 5.56 Å². The molecule has 0 fully saturated rings. The minimum Gasteiger partial charge on any atom is -0.465 e. The third-order valence-electron chi connectivity index (χ3n) is 5.06. The van der Waals surface area contributed by atoms with Gasteiger partial charge in [-0.1, -0.05) is 35.4 Å². The Morgan fingerprint density at radius 1 is 1.14 bits per heavy atom. The topological polar surface area (TPSA) is 44.1 Å². The number of fused-ring (bicyclic) bond motifs is 2. The maximum absolute atomic E-state index is 12.2. The predicted octanol–water partition coefficient (Wildman–Crippen LogP) is 5.69. The Hall–Kier alpha value is -2.85. The number of pyridine rings is 1. The number of ether oxygens (including phenoxy) is 1. The van der Waals surface area contributed by atoms with Gasteiger partial charge in [0.25, 0.3) is 0 Å². The summed E-state index contributed by atoms with van der Waals surface area (Å²) in [7, 11) is 0. The maximum atomic E-state index is 12.2. The lowest BCUT2D eigenvalue weighted by atomic mass is 9.98. The Bertz CT molecular complexity index is 1210. The Morgan fingerprint density at radius 3 is 2.75 bits per heavy atom. The summed E-state index contributed by atoms with van der Waals surface area (Å²) in [6.45, 7) is 6.49. The molecule has 0 saturated carbocycles. The summed E-state index contributed by atoms with van der Waals surface area (Å²) in [5.74, 6) is -0.239. The molecule has 0 N–H and O–H groups in total. The molecule has 2 heterocycles. The average Bonchev–Trinajstić information content (AvgIpc) is 2.93. The molecule has 0 amide bonds. The van der Waals surface area contributed by atoms with Gasteiger partial charge in [-0.3, -0.25) is 9.78 Å². The molecular weight excluding hydrogens is 372 g/mol. The first-order valence-corrected chi connectivity index (χ1v) is 9.67. The van der Waals surface area contributed by atoms with E-state index in [0.717, 1.165) is 38.6 Å². The zero-order valence-electron chi connectivity index (χ0n) is 16.1. The van der Waals surface area contributed by atoms with Crippen LogP contribution in [-0.2, 0) is 16.1 Å². The minimum absolute atomic E-state index is 0.184. The fourth-order valence-electron chi connectivity index (χ4n) is 3.83. The normalized spacial score (nSPS) is 11.3. The highest BCUT2D eigenvalue weighted by Crippen LogP contribution is 2.39. The second-order valence-electron chi connectivity index (χ2n) is 6.87. The zero-order chi connectivity index (χ0) is 19.8. The summed E-state index contributed by atoms with van der Waals surface area (Å²) < 4.78 is 7.21. The van der Waals surface area contributed by atoms with E-state index in [4.69, 9.17) is 16.3 Å². The second-order valence-corrected chi connectivity index (χ2v) is 7.27. The fraction of sp³-hybridized carbons (Fsp3) is 0.217. The van der Waals surface area contributed by atoms with Crippen molar-refractivity contribution in [1.82, 2.24) is 9.55 Å². The third-order valence-corrected chi connectivity index (χ3v) is 5.37. The number of halogens is 1. The average molecular weight is 393 g/mol. The van der Waals surface area contributed by atoms with E-state index in [1.54, 1.807) is 6.20 Å². The van der Waals surface area contributed by atoms with Crippen LogP contribution in [0.5, 0.6) is 0 Å². The van der Waals surface area contributed by atoms with E-state index in [0.29, 0.717) is 11.6 Å². The summed E-state index contributed by atoms with van der Waals surface area (Å²) in [5, 5.41) is 2.73. The highest BCUT2D eigenvalue weighted by atomic mass is 35.5. The van der Waals surface area contributed by atoms with Crippen LogP contribution in [0.15, 0.2) is 48.7 Å². The quantitative estimate of drug-likeness (QED) is 0.419. The van der Waals surface area contributed by atoms with E-state index < -0.39 is 0 Å². The largest absolute Gasteiger partial charge is 0.465 e. The van der Waals surface area contributed by atoms with Crippen molar-refractivity contribution in [3.05, 3.63) is 64.9 Å². The molecule has 4 nitrogen and oxygen atoms in total. The lowest BCUT2D eigenvalue weighted by molar-refractivity contribution is -0.143. The number of esters is 1. The molecular formula is C23H21ClN2O2. The molecule has 142 valence electrons. The van der Waals surface area contributed by atoms with Gasteiger partial charge in [-0.15, -0.1) is 0 Å². The Morgan fingerprint density at radius 2 is 1.96 bits per heavy atom. The number of hydrogen-bond donors (Lipinski definition) is 0. The van der Waals surface area contributed by atoms with Gasteiger partial charge in [-0.05, 0) is 50.6 Å². The number of aryl methyl sites for hydroxylation is 1. The lowest BCUT2D eigenvalue weighted by Gasteiger charge is -2.10. The van der Waals surface area contributed by atoms with Crippen molar-refractivity contribution in [2.24, 2.45) is 0 Å². The zero-order valence-corrected chi connectivity index (χ0v) is 16.9. The molecule has 0 radical (unpaired) electrons. The maximum Gasteiger partial charge on any atom is 0.325 e. The molecule has 0 aliphatic carbocycles.